The predicted molar refractivity (Wildman–Crippen MR) is 61.8 cm³/mol. The van der Waals surface area contributed by atoms with E-state index in [1.54, 1.807) is 0 Å². The van der Waals surface area contributed by atoms with Gasteiger partial charge in [0.1, 0.15) is 6.20 Å². The smallest absolute Gasteiger partial charge is 0.392 e. The van der Waals surface area contributed by atoms with E-state index in [1.807, 2.05) is 0 Å². The third-order valence-corrected chi connectivity index (χ3v) is 2.41. The highest BCUT2D eigenvalue weighted by molar-refractivity contribution is 5.69. The van der Waals surface area contributed by atoms with Crippen LogP contribution in [0.4, 0.5) is 18.9 Å². The summed E-state index contributed by atoms with van der Waals surface area (Å²) in [5.74, 6) is -2.57. The molecule has 1 N–H and O–H groups in total. The largest absolute Gasteiger partial charge is 0.481 e. The summed E-state index contributed by atoms with van der Waals surface area (Å²) >= 11 is 0. The molecule has 1 heterocycles. The minimum absolute atomic E-state index is 0.168. The Balaban J connectivity index is 2.80. The number of halogens is 3. The molecule has 1 aromatic rings. The van der Waals surface area contributed by atoms with Gasteiger partial charge in [0.2, 0.25) is 0 Å². The molecule has 0 saturated heterocycles. The van der Waals surface area contributed by atoms with Crippen molar-refractivity contribution in [3.8, 4) is 5.88 Å². The molecular formula is C10H12F3N3O5. The van der Waals surface area contributed by atoms with E-state index in [9.17, 15) is 28.1 Å². The van der Waals surface area contributed by atoms with Gasteiger partial charge >= 0.3 is 23.7 Å². The Hall–Kier alpha value is -2.33. The average Bonchev–Trinajstić information content (AvgIpc) is 2.70. The van der Waals surface area contributed by atoms with E-state index in [0.29, 0.717) is 0 Å². The first-order chi connectivity index (χ1) is 9.60. The average molecular weight is 311 g/mol. The van der Waals surface area contributed by atoms with Crippen molar-refractivity contribution in [2.45, 2.75) is 26.1 Å². The number of aromatic nitrogens is 2. The highest BCUT2D eigenvalue weighted by Gasteiger charge is 2.29. The number of carboxylic acid groups (broad SMARTS) is 1. The zero-order valence-electron chi connectivity index (χ0n) is 10.8. The van der Waals surface area contributed by atoms with Crippen LogP contribution in [0.5, 0.6) is 5.88 Å². The van der Waals surface area contributed by atoms with Crippen molar-refractivity contribution in [1.82, 2.24) is 9.78 Å². The van der Waals surface area contributed by atoms with Crippen LogP contribution in [0.25, 0.3) is 0 Å². The van der Waals surface area contributed by atoms with Crippen molar-refractivity contribution in [3.63, 3.8) is 0 Å². The van der Waals surface area contributed by atoms with Gasteiger partial charge < -0.3 is 9.84 Å². The van der Waals surface area contributed by atoms with E-state index < -0.39 is 47.6 Å². The molecule has 0 amide bonds. The summed E-state index contributed by atoms with van der Waals surface area (Å²) in [5.41, 5.74) is -0.616. The van der Waals surface area contributed by atoms with Crippen molar-refractivity contribution >= 4 is 11.7 Å². The molecule has 0 saturated carbocycles. The Bertz CT molecular complexity index is 528. The Morgan fingerprint density at radius 2 is 2.24 bits per heavy atom. The van der Waals surface area contributed by atoms with Crippen LogP contribution in [-0.4, -0.2) is 38.6 Å². The van der Waals surface area contributed by atoms with E-state index in [4.69, 9.17) is 5.11 Å². The molecule has 1 atom stereocenters. The zero-order chi connectivity index (χ0) is 16.2. The summed E-state index contributed by atoms with van der Waals surface area (Å²) in [6.07, 6.45) is -4.81. The molecule has 8 nitrogen and oxygen atoms in total. The topological polar surface area (TPSA) is 107 Å². The van der Waals surface area contributed by atoms with Crippen LogP contribution < -0.4 is 4.74 Å². The Labute approximate surface area is 116 Å². The van der Waals surface area contributed by atoms with Crippen molar-refractivity contribution in [2.75, 3.05) is 6.61 Å². The molecule has 0 radical (unpaired) electrons. The lowest BCUT2D eigenvalue weighted by Gasteiger charge is -2.06. The number of carboxylic acids is 1. The third-order valence-electron chi connectivity index (χ3n) is 2.41. The van der Waals surface area contributed by atoms with Gasteiger partial charge in [-0.1, -0.05) is 6.92 Å². The summed E-state index contributed by atoms with van der Waals surface area (Å²) in [6.45, 7) is 0.384. The normalized spacial score (nSPS) is 13.0. The number of hydrogen-bond donors (Lipinski definition) is 1. The number of hydrogen-bond acceptors (Lipinski definition) is 5. The van der Waals surface area contributed by atoms with E-state index >= 15 is 0 Å². The van der Waals surface area contributed by atoms with E-state index in [2.05, 4.69) is 9.84 Å². The predicted octanol–water partition coefficient (Wildman–Crippen LogP) is 1.84. The fourth-order valence-electron chi connectivity index (χ4n) is 1.34. The SMILES string of the molecule is CC(Cn1cc([N+](=O)[O-])c(OCCC(F)(F)F)n1)C(=O)O. The van der Waals surface area contributed by atoms with Crippen molar-refractivity contribution in [3.05, 3.63) is 16.3 Å². The van der Waals surface area contributed by atoms with Crippen LogP contribution in [0.1, 0.15) is 13.3 Å². The summed E-state index contributed by atoms with van der Waals surface area (Å²) in [4.78, 5) is 20.6. The second-order valence-electron chi connectivity index (χ2n) is 4.25. The van der Waals surface area contributed by atoms with Crippen LogP contribution in [-0.2, 0) is 11.3 Å². The lowest BCUT2D eigenvalue weighted by atomic mass is 10.2. The fourth-order valence-corrected chi connectivity index (χ4v) is 1.34. The first-order valence-electron chi connectivity index (χ1n) is 5.74. The molecule has 0 aliphatic rings. The first-order valence-corrected chi connectivity index (χ1v) is 5.74. The highest BCUT2D eigenvalue weighted by Crippen LogP contribution is 2.26. The molecule has 21 heavy (non-hydrogen) atoms. The van der Waals surface area contributed by atoms with Crippen LogP contribution in [0.15, 0.2) is 6.20 Å². The maximum absolute atomic E-state index is 12.0. The van der Waals surface area contributed by atoms with Gasteiger partial charge in [-0.3, -0.25) is 19.6 Å². The van der Waals surface area contributed by atoms with Crippen LogP contribution in [0.3, 0.4) is 0 Å². The third kappa shape index (κ3) is 5.28. The Morgan fingerprint density at radius 1 is 1.62 bits per heavy atom. The number of carbonyl (C=O) groups is 1. The van der Waals surface area contributed by atoms with Gasteiger partial charge in [-0.25, -0.2) is 0 Å². The zero-order valence-corrected chi connectivity index (χ0v) is 10.8. The summed E-state index contributed by atoms with van der Waals surface area (Å²) < 4.78 is 41.6. The van der Waals surface area contributed by atoms with Gasteiger partial charge in [-0.2, -0.15) is 13.2 Å². The highest BCUT2D eigenvalue weighted by atomic mass is 19.4. The Kier molecular flexibility index (Phi) is 5.11. The summed E-state index contributed by atoms with van der Waals surface area (Å²) in [5, 5.41) is 23.1. The number of rotatable bonds is 7. The van der Waals surface area contributed by atoms with Gasteiger partial charge in [-0.15, -0.1) is 5.10 Å². The molecule has 11 heteroatoms. The van der Waals surface area contributed by atoms with Crippen molar-refractivity contribution in [1.29, 1.82) is 0 Å². The van der Waals surface area contributed by atoms with Gasteiger partial charge in [-0.05, 0) is 0 Å². The van der Waals surface area contributed by atoms with E-state index in [0.717, 1.165) is 10.9 Å². The quantitative estimate of drug-likeness (QED) is 0.608. The number of aliphatic carboxylic acids is 1. The minimum atomic E-state index is -4.45. The molecule has 0 fully saturated rings. The molecule has 0 aliphatic heterocycles. The van der Waals surface area contributed by atoms with E-state index in [-0.39, 0.29) is 6.54 Å². The summed E-state index contributed by atoms with van der Waals surface area (Å²) in [7, 11) is 0. The molecule has 0 aliphatic carbocycles. The Morgan fingerprint density at radius 3 is 2.71 bits per heavy atom. The van der Waals surface area contributed by atoms with Gasteiger partial charge in [0, 0.05) is 0 Å². The van der Waals surface area contributed by atoms with Crippen LogP contribution in [0.2, 0.25) is 0 Å². The molecule has 1 rings (SSSR count). The van der Waals surface area contributed by atoms with Crippen LogP contribution in [0, 0.1) is 16.0 Å². The number of ether oxygens (including phenoxy) is 1. The molecule has 1 unspecified atom stereocenters. The monoisotopic (exact) mass is 311 g/mol. The molecule has 0 aromatic carbocycles. The minimum Gasteiger partial charge on any atom is -0.481 e. The first kappa shape index (κ1) is 16.7. The molecule has 118 valence electrons. The molecule has 0 spiro atoms. The standard InChI is InChI=1S/C10H12F3N3O5/c1-6(9(17)18)4-15-5-7(16(19)20)8(14-15)21-3-2-10(11,12)13/h5-6H,2-4H2,1H3,(H,17,18). The fraction of sp³-hybridized carbons (Fsp3) is 0.600. The molecular weight excluding hydrogens is 299 g/mol. The maximum Gasteiger partial charge on any atom is 0.392 e. The number of nitrogens with zero attached hydrogens (tertiary/aromatic N) is 3. The van der Waals surface area contributed by atoms with Gasteiger partial charge in [0.05, 0.1) is 30.4 Å². The van der Waals surface area contributed by atoms with E-state index in [1.165, 1.54) is 6.92 Å². The lowest BCUT2D eigenvalue weighted by molar-refractivity contribution is -0.386. The summed E-state index contributed by atoms with van der Waals surface area (Å²) in [6, 6.07) is 0. The molecule has 1 aromatic heterocycles. The lowest BCUT2D eigenvalue weighted by Crippen LogP contribution is -2.17. The van der Waals surface area contributed by atoms with Crippen molar-refractivity contribution < 1.29 is 32.7 Å². The van der Waals surface area contributed by atoms with Crippen LogP contribution >= 0.6 is 0 Å². The number of nitro groups is 1. The maximum atomic E-state index is 12.0. The second kappa shape index (κ2) is 6.41. The van der Waals surface area contributed by atoms with Crippen molar-refractivity contribution in [2.24, 2.45) is 5.92 Å². The van der Waals surface area contributed by atoms with Gasteiger partial charge in [0.15, 0.2) is 0 Å². The second-order valence-corrected chi connectivity index (χ2v) is 4.25. The molecule has 0 bridgehead atoms. The number of alkyl halides is 3. The van der Waals surface area contributed by atoms with Gasteiger partial charge in [0.25, 0.3) is 0 Å².